The third kappa shape index (κ3) is 3.93. The van der Waals surface area contributed by atoms with Crippen LogP contribution in [0.15, 0.2) is 30.5 Å². The Bertz CT molecular complexity index is 985. The van der Waals surface area contributed by atoms with Gasteiger partial charge in [-0.2, -0.15) is 0 Å². The topological polar surface area (TPSA) is 83.9 Å². The van der Waals surface area contributed by atoms with Crippen LogP contribution in [-0.4, -0.2) is 38.9 Å². The van der Waals surface area contributed by atoms with Crippen molar-refractivity contribution in [1.82, 2.24) is 25.3 Å². The Labute approximate surface area is 165 Å². The maximum atomic E-state index is 12.9. The third-order valence-electron chi connectivity index (χ3n) is 4.72. The predicted molar refractivity (Wildman–Crippen MR) is 110 cm³/mol. The second-order valence-electron chi connectivity index (χ2n) is 6.77. The number of nitrogens with zero attached hydrogens (tertiary/aromatic N) is 5. The van der Waals surface area contributed by atoms with E-state index in [4.69, 9.17) is 0 Å². The van der Waals surface area contributed by atoms with Crippen molar-refractivity contribution in [2.75, 3.05) is 18.0 Å². The molecule has 7 nitrogen and oxygen atoms in total. The van der Waals surface area contributed by atoms with Crippen LogP contribution >= 0.6 is 0 Å². The molecule has 0 aromatic carbocycles. The number of rotatable bonds is 6. The highest BCUT2D eigenvalue weighted by molar-refractivity contribution is 5.97. The number of amides is 1. The third-order valence-corrected chi connectivity index (χ3v) is 4.72. The number of carbonyl (C=O) groups excluding carboxylic acids is 1. The highest BCUT2D eigenvalue weighted by Crippen LogP contribution is 2.27. The molecule has 0 fully saturated rings. The first-order valence-electron chi connectivity index (χ1n) is 9.57. The summed E-state index contributed by atoms with van der Waals surface area (Å²) in [6.45, 7) is 11.5. The van der Waals surface area contributed by atoms with Crippen LogP contribution in [0.2, 0.25) is 0 Å². The van der Waals surface area contributed by atoms with Crippen molar-refractivity contribution in [3.63, 3.8) is 0 Å². The molecule has 3 heterocycles. The van der Waals surface area contributed by atoms with Gasteiger partial charge in [0.15, 0.2) is 5.65 Å². The van der Waals surface area contributed by atoms with Crippen LogP contribution in [0.1, 0.15) is 54.4 Å². The molecule has 0 bridgehead atoms. The van der Waals surface area contributed by atoms with Crippen molar-refractivity contribution in [3.8, 4) is 0 Å². The molecule has 146 valence electrons. The zero-order chi connectivity index (χ0) is 20.3. The Morgan fingerprint density at radius 2 is 1.89 bits per heavy atom. The summed E-state index contributed by atoms with van der Waals surface area (Å²) in [6.07, 6.45) is 1.71. The summed E-state index contributed by atoms with van der Waals surface area (Å²) in [7, 11) is 0. The van der Waals surface area contributed by atoms with Crippen molar-refractivity contribution in [1.29, 1.82) is 0 Å². The summed E-state index contributed by atoms with van der Waals surface area (Å²) >= 11 is 0. The lowest BCUT2D eigenvalue weighted by atomic mass is 10.1. The number of aromatic nitrogens is 4. The van der Waals surface area contributed by atoms with Gasteiger partial charge in [-0.25, -0.2) is 15.0 Å². The van der Waals surface area contributed by atoms with Crippen LogP contribution in [0.5, 0.6) is 0 Å². The fraction of sp³-hybridized carbons (Fsp3) is 0.381. The Morgan fingerprint density at radius 3 is 2.54 bits per heavy atom. The first-order valence-corrected chi connectivity index (χ1v) is 9.57. The summed E-state index contributed by atoms with van der Waals surface area (Å²) in [5.41, 5.74) is 3.25. The first kappa shape index (κ1) is 19.7. The van der Waals surface area contributed by atoms with E-state index in [1.807, 2.05) is 45.0 Å². The van der Waals surface area contributed by atoms with E-state index in [1.165, 1.54) is 0 Å². The molecule has 1 N–H and O–H groups in total. The molecule has 3 rings (SSSR count). The number of fused-ring (bicyclic) bond motifs is 1. The molecule has 0 aliphatic rings. The van der Waals surface area contributed by atoms with E-state index >= 15 is 0 Å². The monoisotopic (exact) mass is 378 g/mol. The second-order valence-corrected chi connectivity index (χ2v) is 6.77. The molecular weight excluding hydrogens is 352 g/mol. The van der Waals surface area contributed by atoms with E-state index in [0.717, 1.165) is 41.2 Å². The van der Waals surface area contributed by atoms with Crippen LogP contribution in [0, 0.1) is 13.8 Å². The number of pyridine rings is 2. The van der Waals surface area contributed by atoms with E-state index < -0.39 is 0 Å². The Kier molecular flexibility index (Phi) is 5.82. The molecule has 1 amide bonds. The van der Waals surface area contributed by atoms with Crippen LogP contribution < -0.4 is 10.2 Å². The predicted octanol–water partition coefficient (Wildman–Crippen LogP) is 3.37. The fourth-order valence-corrected chi connectivity index (χ4v) is 3.28. The summed E-state index contributed by atoms with van der Waals surface area (Å²) < 4.78 is 0. The Morgan fingerprint density at radius 1 is 1.14 bits per heavy atom. The molecule has 1 atom stereocenters. The zero-order valence-electron chi connectivity index (χ0n) is 17.0. The Hall–Kier alpha value is -3.09. The number of carbonyl (C=O) groups is 1. The smallest absolute Gasteiger partial charge is 0.289 e. The number of hydrogen-bond acceptors (Lipinski definition) is 6. The van der Waals surface area contributed by atoms with Crippen LogP contribution in [0.25, 0.3) is 11.0 Å². The minimum absolute atomic E-state index is 0.120. The van der Waals surface area contributed by atoms with Crippen molar-refractivity contribution in [3.05, 3.63) is 53.2 Å². The average molecular weight is 378 g/mol. The standard InChI is InChI=1S/C21H26N6O/c1-6-27(7-2)20-17-13(3)12-14(4)23-18(17)25-19(26-20)21(28)24-15(5)16-10-8-9-11-22-16/h8-12,15H,6-7H2,1-5H3,(H,24,28). The van der Waals surface area contributed by atoms with Gasteiger partial charge in [0.1, 0.15) is 5.82 Å². The van der Waals surface area contributed by atoms with Crippen molar-refractivity contribution in [2.24, 2.45) is 0 Å². The minimum Gasteiger partial charge on any atom is -0.356 e. The van der Waals surface area contributed by atoms with Gasteiger partial charge in [-0.3, -0.25) is 9.78 Å². The van der Waals surface area contributed by atoms with Gasteiger partial charge in [0.2, 0.25) is 5.82 Å². The summed E-state index contributed by atoms with van der Waals surface area (Å²) in [5.74, 6) is 0.528. The van der Waals surface area contributed by atoms with Gasteiger partial charge in [-0.15, -0.1) is 0 Å². The van der Waals surface area contributed by atoms with Gasteiger partial charge in [-0.1, -0.05) is 6.07 Å². The first-order chi connectivity index (χ1) is 13.4. The molecular formula is C21H26N6O. The van der Waals surface area contributed by atoms with E-state index in [0.29, 0.717) is 5.65 Å². The van der Waals surface area contributed by atoms with Gasteiger partial charge in [0.05, 0.1) is 17.1 Å². The maximum Gasteiger partial charge on any atom is 0.289 e. The average Bonchev–Trinajstić information content (AvgIpc) is 2.68. The highest BCUT2D eigenvalue weighted by Gasteiger charge is 2.21. The number of hydrogen-bond donors (Lipinski definition) is 1. The molecule has 0 saturated heterocycles. The van der Waals surface area contributed by atoms with Crippen LogP contribution in [0.4, 0.5) is 5.82 Å². The molecule has 0 radical (unpaired) electrons. The van der Waals surface area contributed by atoms with Crippen molar-refractivity contribution >= 4 is 22.8 Å². The number of nitrogens with one attached hydrogen (secondary N) is 1. The normalized spacial score (nSPS) is 12.0. The van der Waals surface area contributed by atoms with E-state index in [-0.39, 0.29) is 17.8 Å². The molecule has 1 unspecified atom stereocenters. The fourth-order valence-electron chi connectivity index (χ4n) is 3.28. The second kappa shape index (κ2) is 8.29. The quantitative estimate of drug-likeness (QED) is 0.708. The van der Waals surface area contributed by atoms with Gasteiger partial charge < -0.3 is 10.2 Å². The van der Waals surface area contributed by atoms with Gasteiger partial charge in [0, 0.05) is 25.0 Å². The molecule has 0 aliphatic carbocycles. The molecule has 3 aromatic heterocycles. The lowest BCUT2D eigenvalue weighted by Gasteiger charge is -2.23. The molecule has 0 saturated carbocycles. The molecule has 0 aliphatic heterocycles. The van der Waals surface area contributed by atoms with Gasteiger partial charge >= 0.3 is 0 Å². The highest BCUT2D eigenvalue weighted by atomic mass is 16.2. The minimum atomic E-state index is -0.339. The van der Waals surface area contributed by atoms with Crippen molar-refractivity contribution in [2.45, 2.75) is 40.7 Å². The molecule has 0 spiro atoms. The molecule has 3 aromatic rings. The van der Waals surface area contributed by atoms with Gasteiger partial charge in [0.25, 0.3) is 5.91 Å². The van der Waals surface area contributed by atoms with E-state index in [2.05, 4.69) is 44.0 Å². The molecule has 7 heteroatoms. The Balaban J connectivity index is 2.04. The zero-order valence-corrected chi connectivity index (χ0v) is 17.0. The lowest BCUT2D eigenvalue weighted by Crippen LogP contribution is -2.30. The number of anilines is 1. The SMILES string of the molecule is CCN(CC)c1nc(C(=O)NC(C)c2ccccn2)nc2nc(C)cc(C)c12. The summed E-state index contributed by atoms with van der Waals surface area (Å²) in [4.78, 5) is 33.0. The largest absolute Gasteiger partial charge is 0.356 e. The summed E-state index contributed by atoms with van der Waals surface area (Å²) in [6, 6.07) is 7.38. The lowest BCUT2D eigenvalue weighted by molar-refractivity contribution is 0.0929. The van der Waals surface area contributed by atoms with E-state index in [1.54, 1.807) is 6.20 Å². The maximum absolute atomic E-state index is 12.9. The summed E-state index contributed by atoms with van der Waals surface area (Å²) in [5, 5.41) is 3.83. The molecule has 28 heavy (non-hydrogen) atoms. The number of aryl methyl sites for hydroxylation is 2. The van der Waals surface area contributed by atoms with Crippen molar-refractivity contribution < 1.29 is 4.79 Å². The van der Waals surface area contributed by atoms with E-state index in [9.17, 15) is 4.79 Å². The van der Waals surface area contributed by atoms with Crippen LogP contribution in [0.3, 0.4) is 0 Å². The van der Waals surface area contributed by atoms with Crippen LogP contribution in [-0.2, 0) is 0 Å². The van der Waals surface area contributed by atoms with Gasteiger partial charge in [-0.05, 0) is 58.4 Å².